The van der Waals surface area contributed by atoms with E-state index in [0.717, 1.165) is 11.8 Å². The highest BCUT2D eigenvalue weighted by Gasteiger charge is 2.58. The van der Waals surface area contributed by atoms with Gasteiger partial charge in [0.15, 0.2) is 0 Å². The summed E-state index contributed by atoms with van der Waals surface area (Å²) in [5.74, 6) is 3.21. The molecule has 0 amide bonds. The van der Waals surface area contributed by atoms with Gasteiger partial charge >= 0.3 is 0 Å². The van der Waals surface area contributed by atoms with Crippen molar-refractivity contribution in [3.8, 4) is 22.3 Å². The Kier molecular flexibility index (Phi) is 6.67. The van der Waals surface area contributed by atoms with Gasteiger partial charge in [0.1, 0.15) is 0 Å². The lowest BCUT2D eigenvalue weighted by atomic mass is 9.42. The van der Waals surface area contributed by atoms with Crippen molar-refractivity contribution in [2.45, 2.75) is 51.4 Å². The largest absolute Gasteiger partial charge is 0.0616 e. The standard InChI is InChI=1S/C52H44/c1-32-42-11-3-7-15-46(42)50(47-16-8-4-12-43(32)47)36-19-23-38(24-20-36)52(40-28-34-27-35(30-40)31-41(52)29-34)39-25-21-37(22-26-39)51-48-17-9-5-13-44(48)33(2)45-14-6-10-18-49(45)51/h3-26,34-35,40-41H,27-31H2,1-2H3. The molecule has 0 unspecified atom stereocenters. The molecule has 0 N–H and O–H groups in total. The Balaban J connectivity index is 1.08. The number of rotatable bonds is 4. The zero-order chi connectivity index (χ0) is 34.6. The third kappa shape index (κ3) is 4.21. The second-order valence-corrected chi connectivity index (χ2v) is 16.5. The number of hydrogen-bond donors (Lipinski definition) is 0. The van der Waals surface area contributed by atoms with Crippen LogP contribution in [0.25, 0.3) is 65.3 Å². The molecular weight excluding hydrogens is 625 g/mol. The van der Waals surface area contributed by atoms with E-state index in [1.165, 1.54) is 120 Å². The van der Waals surface area contributed by atoms with Crippen LogP contribution in [0.3, 0.4) is 0 Å². The molecule has 0 spiro atoms. The Morgan fingerprint density at radius 2 is 0.635 bits per heavy atom. The van der Waals surface area contributed by atoms with E-state index in [0.29, 0.717) is 11.8 Å². The fourth-order valence-corrected chi connectivity index (χ4v) is 12.2. The van der Waals surface area contributed by atoms with Crippen LogP contribution in [0.4, 0.5) is 0 Å². The minimum Gasteiger partial charge on any atom is -0.0616 e. The Morgan fingerprint density at radius 3 is 0.942 bits per heavy atom. The van der Waals surface area contributed by atoms with Crippen LogP contribution in [0.1, 0.15) is 54.4 Å². The zero-order valence-corrected chi connectivity index (χ0v) is 30.2. The maximum absolute atomic E-state index is 2.54. The van der Waals surface area contributed by atoms with Crippen LogP contribution >= 0.6 is 0 Å². The van der Waals surface area contributed by atoms with Gasteiger partial charge < -0.3 is 0 Å². The first-order valence-corrected chi connectivity index (χ1v) is 19.6. The summed E-state index contributed by atoms with van der Waals surface area (Å²) in [6.45, 7) is 4.56. The van der Waals surface area contributed by atoms with E-state index in [4.69, 9.17) is 0 Å². The smallest absolute Gasteiger partial charge is 0.0259 e. The first-order valence-electron chi connectivity index (χ1n) is 19.6. The van der Waals surface area contributed by atoms with E-state index < -0.39 is 0 Å². The second-order valence-electron chi connectivity index (χ2n) is 16.5. The maximum Gasteiger partial charge on any atom is 0.0259 e. The zero-order valence-electron chi connectivity index (χ0n) is 30.2. The molecule has 4 bridgehead atoms. The summed E-state index contributed by atoms with van der Waals surface area (Å²) in [4.78, 5) is 0. The Bertz CT molecular complexity index is 2380. The van der Waals surface area contributed by atoms with Gasteiger partial charge in [-0.1, -0.05) is 146 Å². The third-order valence-corrected chi connectivity index (χ3v) is 14.1. The molecule has 4 fully saturated rings. The van der Waals surface area contributed by atoms with Crippen molar-refractivity contribution in [2.24, 2.45) is 23.7 Å². The summed E-state index contributed by atoms with van der Waals surface area (Å²) >= 11 is 0. The van der Waals surface area contributed by atoms with Crippen LogP contribution in [0.5, 0.6) is 0 Å². The van der Waals surface area contributed by atoms with E-state index in [-0.39, 0.29) is 5.41 Å². The number of benzene rings is 8. The van der Waals surface area contributed by atoms with Gasteiger partial charge in [0.05, 0.1) is 0 Å². The van der Waals surface area contributed by atoms with E-state index >= 15 is 0 Å². The summed E-state index contributed by atoms with van der Waals surface area (Å²) in [5.41, 5.74) is 11.2. The normalized spacial score (nSPS) is 21.8. The molecule has 8 aromatic rings. The fourth-order valence-electron chi connectivity index (χ4n) is 12.2. The average Bonchev–Trinajstić information content (AvgIpc) is 3.19. The molecule has 4 aliphatic carbocycles. The van der Waals surface area contributed by atoms with Gasteiger partial charge in [0.25, 0.3) is 0 Å². The molecule has 0 saturated heterocycles. The predicted molar refractivity (Wildman–Crippen MR) is 221 cm³/mol. The Labute approximate surface area is 307 Å². The number of aryl methyl sites for hydroxylation is 2. The van der Waals surface area contributed by atoms with Gasteiger partial charge in [-0.25, -0.2) is 0 Å². The van der Waals surface area contributed by atoms with Crippen LogP contribution < -0.4 is 0 Å². The van der Waals surface area contributed by atoms with E-state index in [1.807, 2.05) is 0 Å². The first kappa shape index (κ1) is 30.4. The van der Waals surface area contributed by atoms with Crippen molar-refractivity contribution < 1.29 is 0 Å². The Morgan fingerprint density at radius 1 is 0.346 bits per heavy atom. The lowest BCUT2D eigenvalue weighted by molar-refractivity contribution is -0.0418. The van der Waals surface area contributed by atoms with Crippen molar-refractivity contribution in [3.63, 3.8) is 0 Å². The minimum atomic E-state index is 0.0549. The summed E-state index contributed by atoms with van der Waals surface area (Å²) in [6, 6.07) is 56.0. The van der Waals surface area contributed by atoms with Crippen LogP contribution in [0.15, 0.2) is 146 Å². The van der Waals surface area contributed by atoms with E-state index in [1.54, 1.807) is 0 Å². The van der Waals surface area contributed by atoms with Crippen molar-refractivity contribution in [3.05, 3.63) is 168 Å². The molecule has 0 heteroatoms. The molecule has 8 aromatic carbocycles. The fraction of sp³-hybridized carbons (Fsp3) is 0.231. The average molecular weight is 669 g/mol. The van der Waals surface area contributed by atoms with Crippen LogP contribution in [-0.4, -0.2) is 0 Å². The van der Waals surface area contributed by atoms with Crippen molar-refractivity contribution in [1.29, 1.82) is 0 Å². The second kappa shape index (κ2) is 11.4. The van der Waals surface area contributed by atoms with Crippen LogP contribution in [0, 0.1) is 37.5 Å². The lowest BCUT2D eigenvalue weighted by Gasteiger charge is -2.62. The highest BCUT2D eigenvalue weighted by atomic mass is 14.6. The van der Waals surface area contributed by atoms with Crippen LogP contribution in [-0.2, 0) is 5.41 Å². The summed E-state index contributed by atoms with van der Waals surface area (Å²) in [7, 11) is 0. The quantitative estimate of drug-likeness (QED) is 0.164. The predicted octanol–water partition coefficient (Wildman–Crippen LogP) is 14.0. The molecule has 4 saturated carbocycles. The lowest BCUT2D eigenvalue weighted by Crippen LogP contribution is -2.56. The highest BCUT2D eigenvalue weighted by molar-refractivity contribution is 6.16. The molecule has 0 nitrogen and oxygen atoms in total. The molecule has 0 radical (unpaired) electrons. The summed E-state index contributed by atoms with van der Waals surface area (Å²) in [6.07, 6.45) is 6.95. The van der Waals surface area contributed by atoms with Crippen molar-refractivity contribution in [1.82, 2.24) is 0 Å². The van der Waals surface area contributed by atoms with Gasteiger partial charge in [0.2, 0.25) is 0 Å². The Hall–Kier alpha value is -5.20. The van der Waals surface area contributed by atoms with Gasteiger partial charge in [0, 0.05) is 5.41 Å². The third-order valence-electron chi connectivity index (χ3n) is 14.1. The molecule has 52 heavy (non-hydrogen) atoms. The number of hydrogen-bond acceptors (Lipinski definition) is 0. The molecule has 0 aromatic heterocycles. The molecule has 252 valence electrons. The van der Waals surface area contributed by atoms with Gasteiger partial charge in [-0.3, -0.25) is 0 Å². The maximum atomic E-state index is 2.54. The highest BCUT2D eigenvalue weighted by Crippen LogP contribution is 2.65. The SMILES string of the molecule is Cc1c2ccccc2c(-c2ccc(C3(c4ccc(-c5c6ccccc6c(C)c6ccccc56)cc4)C4CC5CC(C4)CC3C5)cc2)c2ccccc12. The van der Waals surface area contributed by atoms with E-state index in [9.17, 15) is 0 Å². The monoisotopic (exact) mass is 668 g/mol. The van der Waals surface area contributed by atoms with Gasteiger partial charge in [-0.15, -0.1) is 0 Å². The molecule has 12 rings (SSSR count). The summed E-state index contributed by atoms with van der Waals surface area (Å²) in [5, 5.41) is 10.8. The molecular formula is C52H44. The number of fused-ring (bicyclic) bond motifs is 4. The molecule has 0 aliphatic heterocycles. The van der Waals surface area contributed by atoms with Crippen LogP contribution in [0.2, 0.25) is 0 Å². The first-order chi connectivity index (χ1) is 25.6. The van der Waals surface area contributed by atoms with Crippen molar-refractivity contribution >= 4 is 43.1 Å². The molecule has 0 heterocycles. The molecule has 4 aliphatic rings. The van der Waals surface area contributed by atoms with E-state index in [2.05, 4.69) is 159 Å². The van der Waals surface area contributed by atoms with Gasteiger partial charge in [-0.05, 0) is 157 Å². The topological polar surface area (TPSA) is 0 Å². The molecule has 0 atom stereocenters. The van der Waals surface area contributed by atoms with Crippen molar-refractivity contribution in [2.75, 3.05) is 0 Å². The van der Waals surface area contributed by atoms with Gasteiger partial charge in [-0.2, -0.15) is 0 Å². The minimum absolute atomic E-state index is 0.0549. The summed E-state index contributed by atoms with van der Waals surface area (Å²) < 4.78 is 0.